The molecule has 0 aliphatic rings. The van der Waals surface area contributed by atoms with Crippen molar-refractivity contribution in [2.24, 2.45) is 5.92 Å². The Morgan fingerprint density at radius 2 is 1.67 bits per heavy atom. The minimum absolute atomic E-state index is 0.366. The Kier molecular flexibility index (Phi) is 6.59. The van der Waals surface area contributed by atoms with E-state index in [2.05, 4.69) is 0 Å². The van der Waals surface area contributed by atoms with E-state index in [-0.39, 0.29) is 5.92 Å². The number of rotatable bonds is 5. The van der Waals surface area contributed by atoms with Crippen LogP contribution in [0, 0.1) is 5.92 Å². The van der Waals surface area contributed by atoms with Crippen molar-refractivity contribution in [2.45, 2.75) is 40.0 Å². The number of benzene rings is 1. The first-order valence-electron chi connectivity index (χ1n) is 6.98. The van der Waals surface area contributed by atoms with Gasteiger partial charge < -0.3 is 4.84 Å². The van der Waals surface area contributed by atoms with Crippen molar-refractivity contribution in [1.29, 1.82) is 0 Å². The number of imide groups is 1. The van der Waals surface area contributed by atoms with Gasteiger partial charge in [0, 0.05) is 13.8 Å². The van der Waals surface area contributed by atoms with Crippen LogP contribution in [0.25, 0.3) is 0 Å². The standard InChI is InChI=1S/C16H21NO4/c1-12(8-7-11-15-9-5-4-6-10-15)16(20)21-17(13(2)18)14(3)19/h4-6,9-10,12H,7-8,11H2,1-3H3. The molecule has 0 aliphatic carbocycles. The Bertz CT molecular complexity index is 484. The zero-order valence-corrected chi connectivity index (χ0v) is 12.7. The predicted octanol–water partition coefficient (Wildman–Crippen LogP) is 2.50. The highest BCUT2D eigenvalue weighted by atomic mass is 16.7. The van der Waals surface area contributed by atoms with Crippen LogP contribution in [0.3, 0.4) is 0 Å². The lowest BCUT2D eigenvalue weighted by Gasteiger charge is -2.18. The van der Waals surface area contributed by atoms with Gasteiger partial charge in [-0.25, -0.2) is 4.79 Å². The number of hydrogen-bond acceptors (Lipinski definition) is 4. The van der Waals surface area contributed by atoms with E-state index in [1.807, 2.05) is 30.3 Å². The lowest BCUT2D eigenvalue weighted by atomic mass is 10.0. The number of hydrogen-bond donors (Lipinski definition) is 0. The molecule has 0 spiro atoms. The average Bonchev–Trinajstić information content (AvgIpc) is 2.44. The van der Waals surface area contributed by atoms with Gasteiger partial charge in [0.15, 0.2) is 0 Å². The molecule has 0 radical (unpaired) electrons. The van der Waals surface area contributed by atoms with Crippen LogP contribution < -0.4 is 0 Å². The van der Waals surface area contributed by atoms with Crippen molar-refractivity contribution in [3.63, 3.8) is 0 Å². The summed E-state index contributed by atoms with van der Waals surface area (Å²) < 4.78 is 0. The van der Waals surface area contributed by atoms with E-state index in [1.54, 1.807) is 6.92 Å². The molecule has 1 rings (SSSR count). The van der Waals surface area contributed by atoms with Crippen LogP contribution in [0.4, 0.5) is 0 Å². The Labute approximate surface area is 124 Å². The van der Waals surface area contributed by atoms with Gasteiger partial charge in [-0.15, -0.1) is 5.06 Å². The zero-order chi connectivity index (χ0) is 15.8. The van der Waals surface area contributed by atoms with Gasteiger partial charge >= 0.3 is 5.97 Å². The fraction of sp³-hybridized carbons (Fsp3) is 0.438. The fourth-order valence-electron chi connectivity index (χ4n) is 1.91. The maximum absolute atomic E-state index is 11.8. The van der Waals surface area contributed by atoms with Crippen molar-refractivity contribution >= 4 is 17.8 Å². The summed E-state index contributed by atoms with van der Waals surface area (Å²) in [6.07, 6.45) is 2.35. The van der Waals surface area contributed by atoms with Crippen LogP contribution in [0.1, 0.15) is 39.2 Å². The van der Waals surface area contributed by atoms with Crippen LogP contribution >= 0.6 is 0 Å². The zero-order valence-electron chi connectivity index (χ0n) is 12.7. The highest BCUT2D eigenvalue weighted by molar-refractivity contribution is 5.93. The molecule has 21 heavy (non-hydrogen) atoms. The van der Waals surface area contributed by atoms with E-state index in [4.69, 9.17) is 4.84 Å². The molecule has 5 heteroatoms. The molecule has 1 aromatic carbocycles. The van der Waals surface area contributed by atoms with Gasteiger partial charge in [0.2, 0.25) is 0 Å². The maximum Gasteiger partial charge on any atom is 0.335 e. The lowest BCUT2D eigenvalue weighted by molar-refractivity contribution is -0.203. The summed E-state index contributed by atoms with van der Waals surface area (Å²) >= 11 is 0. The molecule has 114 valence electrons. The first-order valence-corrected chi connectivity index (χ1v) is 6.98. The monoisotopic (exact) mass is 291 g/mol. The second-order valence-corrected chi connectivity index (χ2v) is 5.02. The maximum atomic E-state index is 11.8. The van der Waals surface area contributed by atoms with Crippen LogP contribution in [-0.2, 0) is 25.6 Å². The van der Waals surface area contributed by atoms with Gasteiger partial charge in [-0.3, -0.25) is 9.59 Å². The molecule has 0 saturated heterocycles. The summed E-state index contributed by atoms with van der Waals surface area (Å²) in [4.78, 5) is 39.0. The van der Waals surface area contributed by atoms with Gasteiger partial charge in [0.1, 0.15) is 0 Å². The first-order chi connectivity index (χ1) is 9.91. The quantitative estimate of drug-likeness (QED) is 0.782. The molecule has 0 aromatic heterocycles. The predicted molar refractivity (Wildman–Crippen MR) is 77.8 cm³/mol. The third kappa shape index (κ3) is 5.77. The number of nitrogens with zero attached hydrogens (tertiary/aromatic N) is 1. The summed E-state index contributed by atoms with van der Waals surface area (Å²) in [6.45, 7) is 4.08. The molecule has 0 fully saturated rings. The van der Waals surface area contributed by atoms with E-state index < -0.39 is 17.8 Å². The van der Waals surface area contributed by atoms with E-state index in [9.17, 15) is 14.4 Å². The average molecular weight is 291 g/mol. The molecule has 5 nitrogen and oxygen atoms in total. The molecular weight excluding hydrogens is 270 g/mol. The Hall–Kier alpha value is -2.17. The Balaban J connectivity index is 2.40. The van der Waals surface area contributed by atoms with Gasteiger partial charge in [-0.2, -0.15) is 0 Å². The van der Waals surface area contributed by atoms with Crippen molar-refractivity contribution in [3.8, 4) is 0 Å². The summed E-state index contributed by atoms with van der Waals surface area (Å²) in [5.41, 5.74) is 1.21. The van der Waals surface area contributed by atoms with E-state index in [1.165, 1.54) is 19.4 Å². The number of hydroxylamine groups is 2. The summed E-state index contributed by atoms with van der Waals surface area (Å²) in [5, 5.41) is 0.496. The summed E-state index contributed by atoms with van der Waals surface area (Å²) in [6, 6.07) is 9.99. The van der Waals surface area contributed by atoms with E-state index in [0.717, 1.165) is 12.8 Å². The smallest absolute Gasteiger partial charge is 0.330 e. The minimum atomic E-state index is -0.604. The van der Waals surface area contributed by atoms with E-state index >= 15 is 0 Å². The lowest BCUT2D eigenvalue weighted by Crippen LogP contribution is -2.37. The van der Waals surface area contributed by atoms with Gasteiger partial charge in [0.05, 0.1) is 5.92 Å². The molecule has 0 heterocycles. The molecule has 0 aliphatic heterocycles. The highest BCUT2D eigenvalue weighted by Crippen LogP contribution is 2.13. The van der Waals surface area contributed by atoms with Crippen molar-refractivity contribution < 1.29 is 19.2 Å². The first kappa shape index (κ1) is 16.9. The number of aryl methyl sites for hydroxylation is 1. The summed E-state index contributed by atoms with van der Waals surface area (Å²) in [7, 11) is 0. The molecule has 0 bridgehead atoms. The normalized spacial score (nSPS) is 11.6. The van der Waals surface area contributed by atoms with Crippen LogP contribution in [0.15, 0.2) is 30.3 Å². The minimum Gasteiger partial charge on any atom is -0.330 e. The van der Waals surface area contributed by atoms with Crippen LogP contribution in [-0.4, -0.2) is 22.8 Å². The molecule has 1 unspecified atom stereocenters. The fourth-order valence-corrected chi connectivity index (χ4v) is 1.91. The molecule has 1 aromatic rings. The number of amides is 2. The second-order valence-electron chi connectivity index (χ2n) is 5.02. The van der Waals surface area contributed by atoms with Gasteiger partial charge in [-0.1, -0.05) is 37.3 Å². The van der Waals surface area contributed by atoms with Crippen LogP contribution in [0.2, 0.25) is 0 Å². The SMILES string of the molecule is CC(=O)N(OC(=O)C(C)CCCc1ccccc1)C(C)=O. The van der Waals surface area contributed by atoms with Crippen LogP contribution in [0.5, 0.6) is 0 Å². The Morgan fingerprint density at radius 3 is 2.19 bits per heavy atom. The molecule has 1 atom stereocenters. The summed E-state index contributed by atoms with van der Waals surface area (Å²) in [5.74, 6) is -2.14. The van der Waals surface area contributed by atoms with Crippen molar-refractivity contribution in [1.82, 2.24) is 5.06 Å². The molecule has 0 N–H and O–H groups in total. The third-order valence-electron chi connectivity index (χ3n) is 3.10. The molecule has 2 amide bonds. The van der Waals surface area contributed by atoms with Gasteiger partial charge in [-0.05, 0) is 24.8 Å². The molecule has 0 saturated carbocycles. The second kappa shape index (κ2) is 8.19. The topological polar surface area (TPSA) is 63.7 Å². The van der Waals surface area contributed by atoms with Crippen molar-refractivity contribution in [2.75, 3.05) is 0 Å². The largest absolute Gasteiger partial charge is 0.335 e. The van der Waals surface area contributed by atoms with Crippen molar-refractivity contribution in [3.05, 3.63) is 35.9 Å². The third-order valence-corrected chi connectivity index (χ3v) is 3.10. The van der Waals surface area contributed by atoms with Gasteiger partial charge in [0.25, 0.3) is 11.8 Å². The van der Waals surface area contributed by atoms with E-state index in [0.29, 0.717) is 11.5 Å². The Morgan fingerprint density at radius 1 is 1.10 bits per heavy atom. The number of carbonyl (C=O) groups excluding carboxylic acids is 3. The highest BCUT2D eigenvalue weighted by Gasteiger charge is 2.23. The molecular formula is C16H21NO4. The number of carbonyl (C=O) groups is 3.